The minimum atomic E-state index is -3.98. The summed E-state index contributed by atoms with van der Waals surface area (Å²) in [6.07, 6.45) is -2.77. The van der Waals surface area contributed by atoms with Gasteiger partial charge in [0.25, 0.3) is 6.43 Å². The molecule has 5 nitrogen and oxygen atoms in total. The first-order valence-corrected chi connectivity index (χ1v) is 5.41. The minimum absolute atomic E-state index is 0.157. The molecule has 0 radical (unpaired) electrons. The van der Waals surface area contributed by atoms with Gasteiger partial charge in [-0.25, -0.2) is 27.3 Å². The average Bonchev–Trinajstić information content (AvgIpc) is 2.15. The summed E-state index contributed by atoms with van der Waals surface area (Å²) < 4.78 is 46.4. The second-order valence-electron chi connectivity index (χ2n) is 2.73. The Balaban J connectivity index is 3.34. The van der Waals surface area contributed by atoms with Gasteiger partial charge in [0.05, 0.1) is 5.69 Å². The lowest BCUT2D eigenvalue weighted by molar-refractivity contribution is 0.145. The lowest BCUT2D eigenvalue weighted by atomic mass is 10.3. The first kappa shape index (κ1) is 12.0. The van der Waals surface area contributed by atoms with Crippen molar-refractivity contribution in [1.29, 1.82) is 0 Å². The van der Waals surface area contributed by atoms with Gasteiger partial charge >= 0.3 is 0 Å². The Labute approximate surface area is 85.2 Å². The molecule has 1 heterocycles. The number of halogens is 2. The Morgan fingerprint density at radius 2 is 2.00 bits per heavy atom. The Morgan fingerprint density at radius 1 is 1.40 bits per heavy atom. The molecule has 1 rings (SSSR count). The Kier molecular flexibility index (Phi) is 3.32. The molecule has 0 aliphatic carbocycles. The van der Waals surface area contributed by atoms with Crippen LogP contribution in [0.15, 0.2) is 17.0 Å². The molecule has 0 aromatic carbocycles. The number of alkyl halides is 2. The monoisotopic (exact) mass is 237 g/mol. The molecular weight excluding hydrogens is 228 g/mol. The van der Waals surface area contributed by atoms with Crippen LogP contribution < -0.4 is 10.9 Å². The highest BCUT2D eigenvalue weighted by Crippen LogP contribution is 2.20. The van der Waals surface area contributed by atoms with Crippen molar-refractivity contribution in [2.45, 2.75) is 17.9 Å². The molecule has 0 bridgehead atoms. The number of pyridine rings is 1. The third-order valence-corrected chi connectivity index (χ3v) is 2.66. The fraction of sp³-hybridized carbons (Fsp3) is 0.286. The Bertz CT molecular complexity index is 461. The Hall–Kier alpha value is -1.12. The maximum absolute atomic E-state index is 12.2. The molecule has 8 heteroatoms. The summed E-state index contributed by atoms with van der Waals surface area (Å²) in [5.41, 5.74) is 4.51. The normalized spacial score (nSPS) is 12.1. The highest BCUT2D eigenvalue weighted by Gasteiger charge is 2.17. The average molecular weight is 237 g/mol. The standard InChI is InChI=1S/C7H9F2N3O2S/c8-7(9)4-1-2-6(15(11,13)14)5(3-10)12-4/h1-2,7H,3,10H2,(H2,11,13,14). The number of nitrogens with zero attached hydrogens (tertiary/aromatic N) is 1. The number of sulfonamides is 1. The maximum Gasteiger partial charge on any atom is 0.280 e. The second kappa shape index (κ2) is 4.17. The van der Waals surface area contributed by atoms with Crippen molar-refractivity contribution in [2.75, 3.05) is 0 Å². The van der Waals surface area contributed by atoms with Gasteiger partial charge in [-0.1, -0.05) is 0 Å². The van der Waals surface area contributed by atoms with Gasteiger partial charge in [-0.15, -0.1) is 0 Å². The summed E-state index contributed by atoms with van der Waals surface area (Å²) in [5.74, 6) is 0. The van der Waals surface area contributed by atoms with Gasteiger partial charge < -0.3 is 5.73 Å². The van der Waals surface area contributed by atoms with Crippen molar-refractivity contribution < 1.29 is 17.2 Å². The van der Waals surface area contributed by atoms with Crippen LogP contribution in [0.1, 0.15) is 17.8 Å². The largest absolute Gasteiger partial charge is 0.325 e. The zero-order chi connectivity index (χ0) is 11.6. The number of primary sulfonamides is 1. The number of rotatable bonds is 3. The first-order valence-electron chi connectivity index (χ1n) is 3.87. The number of nitrogens with two attached hydrogens (primary N) is 2. The number of aromatic nitrogens is 1. The minimum Gasteiger partial charge on any atom is -0.325 e. The third-order valence-electron chi connectivity index (χ3n) is 1.68. The second-order valence-corrected chi connectivity index (χ2v) is 4.26. The van der Waals surface area contributed by atoms with E-state index in [-0.39, 0.29) is 17.1 Å². The van der Waals surface area contributed by atoms with Crippen molar-refractivity contribution in [3.05, 3.63) is 23.5 Å². The molecule has 0 aliphatic heterocycles. The summed E-state index contributed by atoms with van der Waals surface area (Å²) in [6.45, 7) is -0.272. The van der Waals surface area contributed by atoms with E-state index in [1.807, 2.05) is 0 Å². The van der Waals surface area contributed by atoms with E-state index in [9.17, 15) is 17.2 Å². The molecule has 0 saturated heterocycles. The molecule has 0 spiro atoms. The van der Waals surface area contributed by atoms with Crippen molar-refractivity contribution in [3.63, 3.8) is 0 Å². The lowest BCUT2D eigenvalue weighted by Crippen LogP contribution is -2.17. The summed E-state index contributed by atoms with van der Waals surface area (Å²) in [6, 6.07) is 1.88. The van der Waals surface area contributed by atoms with E-state index in [0.29, 0.717) is 0 Å². The Morgan fingerprint density at radius 3 is 2.40 bits per heavy atom. The lowest BCUT2D eigenvalue weighted by Gasteiger charge is -2.06. The fourth-order valence-corrected chi connectivity index (χ4v) is 1.75. The summed E-state index contributed by atoms with van der Waals surface area (Å²) >= 11 is 0. The van der Waals surface area contributed by atoms with Crippen LogP contribution in [-0.4, -0.2) is 13.4 Å². The molecule has 1 aromatic heterocycles. The fourth-order valence-electron chi connectivity index (χ4n) is 1.03. The van der Waals surface area contributed by atoms with E-state index in [2.05, 4.69) is 4.98 Å². The zero-order valence-corrected chi connectivity index (χ0v) is 8.34. The highest BCUT2D eigenvalue weighted by molar-refractivity contribution is 7.89. The van der Waals surface area contributed by atoms with Gasteiger partial charge in [0.2, 0.25) is 10.0 Å². The maximum atomic E-state index is 12.2. The van der Waals surface area contributed by atoms with Gasteiger partial charge in [0.1, 0.15) is 10.6 Å². The summed E-state index contributed by atoms with van der Waals surface area (Å²) in [4.78, 5) is 3.10. The van der Waals surface area contributed by atoms with Crippen LogP contribution in [0.3, 0.4) is 0 Å². The van der Waals surface area contributed by atoms with Crippen LogP contribution in [0.4, 0.5) is 8.78 Å². The molecule has 0 atom stereocenters. The quantitative estimate of drug-likeness (QED) is 0.780. The zero-order valence-electron chi connectivity index (χ0n) is 7.52. The van der Waals surface area contributed by atoms with Crippen LogP contribution in [0.5, 0.6) is 0 Å². The van der Waals surface area contributed by atoms with Crippen LogP contribution in [0.2, 0.25) is 0 Å². The molecule has 84 valence electrons. The van der Waals surface area contributed by atoms with Gasteiger partial charge in [-0.3, -0.25) is 0 Å². The molecule has 1 aromatic rings. The van der Waals surface area contributed by atoms with E-state index in [1.54, 1.807) is 0 Å². The van der Waals surface area contributed by atoms with Crippen LogP contribution in [-0.2, 0) is 16.6 Å². The van der Waals surface area contributed by atoms with Gasteiger partial charge in [-0.05, 0) is 12.1 Å². The van der Waals surface area contributed by atoms with Crippen LogP contribution in [0.25, 0.3) is 0 Å². The van der Waals surface area contributed by atoms with Gasteiger partial charge in [0.15, 0.2) is 0 Å². The third kappa shape index (κ3) is 2.67. The van der Waals surface area contributed by atoms with E-state index >= 15 is 0 Å². The van der Waals surface area contributed by atoms with Crippen molar-refractivity contribution in [3.8, 4) is 0 Å². The van der Waals surface area contributed by atoms with Gasteiger partial charge in [0, 0.05) is 6.54 Å². The van der Waals surface area contributed by atoms with E-state index in [4.69, 9.17) is 10.9 Å². The summed E-state index contributed by atoms with van der Waals surface area (Å²) in [5, 5.41) is 4.85. The smallest absolute Gasteiger partial charge is 0.280 e. The molecule has 0 saturated carbocycles. The molecule has 0 amide bonds. The predicted molar refractivity (Wildman–Crippen MR) is 48.5 cm³/mol. The van der Waals surface area contributed by atoms with E-state index < -0.39 is 22.1 Å². The molecule has 4 N–H and O–H groups in total. The van der Waals surface area contributed by atoms with Crippen LogP contribution >= 0.6 is 0 Å². The van der Waals surface area contributed by atoms with Crippen molar-refractivity contribution in [1.82, 2.24) is 4.98 Å². The van der Waals surface area contributed by atoms with E-state index in [1.165, 1.54) is 0 Å². The molecule has 0 fully saturated rings. The number of hydrogen-bond donors (Lipinski definition) is 2. The highest BCUT2D eigenvalue weighted by atomic mass is 32.2. The molecule has 0 aliphatic rings. The molecular formula is C7H9F2N3O2S. The van der Waals surface area contributed by atoms with Crippen molar-refractivity contribution >= 4 is 10.0 Å². The first-order chi connectivity index (χ1) is 6.86. The molecule has 0 unspecified atom stereocenters. The van der Waals surface area contributed by atoms with Crippen molar-refractivity contribution in [2.24, 2.45) is 10.9 Å². The molecule has 15 heavy (non-hydrogen) atoms. The number of hydrogen-bond acceptors (Lipinski definition) is 4. The van der Waals surface area contributed by atoms with Crippen LogP contribution in [0, 0.1) is 0 Å². The SMILES string of the molecule is NCc1nc(C(F)F)ccc1S(N)(=O)=O. The summed E-state index contributed by atoms with van der Waals surface area (Å²) in [7, 11) is -3.98. The van der Waals surface area contributed by atoms with Gasteiger partial charge in [-0.2, -0.15) is 0 Å². The van der Waals surface area contributed by atoms with E-state index in [0.717, 1.165) is 12.1 Å². The predicted octanol–water partition coefficient (Wildman–Crippen LogP) is 0.125. The topological polar surface area (TPSA) is 99.1 Å².